The first-order chi connectivity index (χ1) is 9.34. The topological polar surface area (TPSA) is 41.6 Å². The third-order valence-corrected chi connectivity index (χ3v) is 3.99. The predicted octanol–water partition coefficient (Wildman–Crippen LogP) is 2.94. The smallest absolute Gasteiger partial charge is 0.200 e. The van der Waals surface area contributed by atoms with Crippen molar-refractivity contribution in [1.29, 1.82) is 0 Å². The summed E-state index contributed by atoms with van der Waals surface area (Å²) in [5.41, 5.74) is 12.6. The number of hydrogen-bond acceptors (Lipinski definition) is 3. The van der Waals surface area contributed by atoms with Crippen LogP contribution in [0.3, 0.4) is 0 Å². The number of benzene rings is 1. The van der Waals surface area contributed by atoms with Gasteiger partial charge in [0.25, 0.3) is 0 Å². The van der Waals surface area contributed by atoms with Gasteiger partial charge in [-0.3, -0.25) is 4.90 Å². The highest BCUT2D eigenvalue weighted by Gasteiger charge is 2.30. The zero-order valence-electron chi connectivity index (χ0n) is 11.0. The lowest BCUT2D eigenvalue weighted by Crippen LogP contribution is -2.33. The van der Waals surface area contributed by atoms with Crippen LogP contribution in [0.1, 0.15) is 12.0 Å². The molecular weight excluding hydrogens is 270 g/mol. The van der Waals surface area contributed by atoms with Gasteiger partial charge in [-0.15, -0.1) is 12.4 Å². The Balaban J connectivity index is 0.00000121. The second-order valence-electron chi connectivity index (χ2n) is 5.06. The van der Waals surface area contributed by atoms with Crippen molar-refractivity contribution in [3.8, 4) is 0 Å². The summed E-state index contributed by atoms with van der Waals surface area (Å²) in [4.78, 5) is 6.55. The van der Waals surface area contributed by atoms with E-state index in [0.29, 0.717) is 12.5 Å². The van der Waals surface area contributed by atoms with Crippen molar-refractivity contribution in [1.82, 2.24) is 0 Å². The summed E-state index contributed by atoms with van der Waals surface area (Å²) in [6.45, 7) is 0.695. The number of nitrogens with zero attached hydrogens (tertiary/aromatic N) is 2. The van der Waals surface area contributed by atoms with Crippen LogP contribution in [0.4, 0.5) is 5.69 Å². The summed E-state index contributed by atoms with van der Waals surface area (Å²) >= 11 is 0. The van der Waals surface area contributed by atoms with Gasteiger partial charge in [-0.2, -0.15) is 0 Å². The maximum atomic E-state index is 6.10. The molecule has 1 aromatic rings. The molecule has 4 rings (SSSR count). The van der Waals surface area contributed by atoms with E-state index in [9.17, 15) is 0 Å². The number of rotatable bonds is 0. The Hall–Kier alpha value is -2.00. The molecule has 1 aromatic carbocycles. The number of para-hydroxylation sites is 1. The molecule has 3 aliphatic rings. The fourth-order valence-electron chi connectivity index (χ4n) is 3.09. The molecule has 1 aliphatic carbocycles. The molecule has 102 valence electrons. The number of halogens is 1. The lowest BCUT2D eigenvalue weighted by atomic mass is 9.92. The number of nitrogens with two attached hydrogens (primary N) is 1. The van der Waals surface area contributed by atoms with Gasteiger partial charge >= 0.3 is 0 Å². The monoisotopic (exact) mass is 285 g/mol. The van der Waals surface area contributed by atoms with Gasteiger partial charge in [0.2, 0.25) is 5.96 Å². The van der Waals surface area contributed by atoms with E-state index in [-0.39, 0.29) is 12.4 Å². The quantitative estimate of drug-likeness (QED) is 0.796. The largest absolute Gasteiger partial charge is 0.369 e. The highest BCUT2D eigenvalue weighted by molar-refractivity contribution is 6.01. The van der Waals surface area contributed by atoms with Gasteiger partial charge in [0.1, 0.15) is 0 Å². The predicted molar refractivity (Wildman–Crippen MR) is 85.2 cm³/mol. The van der Waals surface area contributed by atoms with Crippen LogP contribution in [0.15, 0.2) is 64.3 Å². The molecule has 0 atom stereocenters. The van der Waals surface area contributed by atoms with Gasteiger partial charge in [0.15, 0.2) is 0 Å². The highest BCUT2D eigenvalue weighted by Crippen LogP contribution is 2.38. The second-order valence-corrected chi connectivity index (χ2v) is 5.06. The molecule has 0 saturated heterocycles. The lowest BCUT2D eigenvalue weighted by molar-refractivity contribution is 1.04. The second kappa shape index (κ2) is 4.84. The molecule has 2 heterocycles. The molecule has 2 N–H and O–H groups in total. The fourth-order valence-corrected chi connectivity index (χ4v) is 3.09. The molecule has 0 unspecified atom stereocenters. The Kier molecular flexibility index (Phi) is 3.14. The maximum Gasteiger partial charge on any atom is 0.200 e. The molecule has 0 fully saturated rings. The number of guanidine groups is 1. The molecule has 3 nitrogen and oxygen atoms in total. The summed E-state index contributed by atoms with van der Waals surface area (Å²) in [6.07, 6.45) is 8.53. The SMILES string of the molecule is Cl.NC1=NCC2=C3CC=CC=C3Cc3ccccc3N12. The van der Waals surface area contributed by atoms with Crippen LogP contribution in [0, 0.1) is 0 Å². The Morgan fingerprint density at radius 2 is 2.05 bits per heavy atom. The average molecular weight is 286 g/mol. The Morgan fingerprint density at radius 1 is 1.20 bits per heavy atom. The van der Waals surface area contributed by atoms with Gasteiger partial charge < -0.3 is 5.73 Å². The minimum Gasteiger partial charge on any atom is -0.369 e. The average Bonchev–Trinajstić information content (AvgIpc) is 2.75. The Labute approximate surface area is 124 Å². The van der Waals surface area contributed by atoms with Crippen molar-refractivity contribution in [3.63, 3.8) is 0 Å². The minimum atomic E-state index is 0. The van der Waals surface area contributed by atoms with E-state index in [1.165, 1.54) is 28.1 Å². The van der Waals surface area contributed by atoms with E-state index in [1.807, 2.05) is 0 Å². The minimum absolute atomic E-state index is 0. The third kappa shape index (κ3) is 1.78. The van der Waals surface area contributed by atoms with E-state index < -0.39 is 0 Å². The number of fused-ring (bicyclic) bond motifs is 4. The van der Waals surface area contributed by atoms with E-state index >= 15 is 0 Å². The first-order valence-corrected chi connectivity index (χ1v) is 6.60. The maximum absolute atomic E-state index is 6.10. The molecule has 0 amide bonds. The van der Waals surface area contributed by atoms with E-state index in [2.05, 4.69) is 52.4 Å². The van der Waals surface area contributed by atoms with Crippen molar-refractivity contribution < 1.29 is 0 Å². The van der Waals surface area contributed by atoms with Crippen LogP contribution in [-0.2, 0) is 6.42 Å². The highest BCUT2D eigenvalue weighted by atomic mass is 35.5. The van der Waals surface area contributed by atoms with Crippen LogP contribution in [-0.4, -0.2) is 12.5 Å². The van der Waals surface area contributed by atoms with Crippen molar-refractivity contribution in [2.75, 3.05) is 11.4 Å². The van der Waals surface area contributed by atoms with Crippen LogP contribution in [0.2, 0.25) is 0 Å². The van der Waals surface area contributed by atoms with E-state index in [0.717, 1.165) is 12.8 Å². The molecular formula is C16H16ClN3. The van der Waals surface area contributed by atoms with Crippen LogP contribution in [0.25, 0.3) is 0 Å². The van der Waals surface area contributed by atoms with Gasteiger partial charge in [0, 0.05) is 0 Å². The summed E-state index contributed by atoms with van der Waals surface area (Å²) in [6, 6.07) is 8.47. The Bertz CT molecular complexity index is 683. The number of hydrogen-bond donors (Lipinski definition) is 1. The van der Waals surface area contributed by atoms with E-state index in [1.54, 1.807) is 0 Å². The molecule has 0 aromatic heterocycles. The lowest BCUT2D eigenvalue weighted by Gasteiger charge is -2.22. The Morgan fingerprint density at radius 3 is 2.95 bits per heavy atom. The van der Waals surface area contributed by atoms with Crippen LogP contribution >= 0.6 is 12.4 Å². The standard InChI is InChI=1S/C16H15N3.ClH/c17-16-18-10-15-13-7-3-1-5-11(13)9-12-6-2-4-8-14(12)19(15)16;/h1-6,8H,7,9-10H2,(H2,17,18);1H. The van der Waals surface area contributed by atoms with E-state index in [4.69, 9.17) is 5.73 Å². The summed E-state index contributed by atoms with van der Waals surface area (Å²) in [5, 5.41) is 0. The first kappa shape index (κ1) is 13.0. The summed E-state index contributed by atoms with van der Waals surface area (Å²) in [7, 11) is 0. The molecule has 2 aliphatic heterocycles. The fraction of sp³-hybridized carbons (Fsp3) is 0.188. The normalized spacial score (nSPS) is 19.3. The van der Waals surface area contributed by atoms with Gasteiger partial charge in [-0.1, -0.05) is 36.4 Å². The summed E-state index contributed by atoms with van der Waals surface area (Å²) in [5.74, 6) is 0.616. The number of allylic oxidation sites excluding steroid dienone is 5. The van der Waals surface area contributed by atoms with Crippen molar-refractivity contribution >= 4 is 24.1 Å². The number of aliphatic imine (C=N–C) groups is 1. The van der Waals surface area contributed by atoms with Gasteiger partial charge in [-0.25, -0.2) is 4.99 Å². The van der Waals surface area contributed by atoms with Gasteiger partial charge in [0.05, 0.1) is 17.9 Å². The zero-order chi connectivity index (χ0) is 12.8. The molecule has 0 radical (unpaired) electrons. The van der Waals surface area contributed by atoms with Gasteiger partial charge in [-0.05, 0) is 35.6 Å². The molecule has 4 heteroatoms. The number of anilines is 1. The molecule has 0 bridgehead atoms. The van der Waals surface area contributed by atoms with Crippen molar-refractivity contribution in [2.45, 2.75) is 12.8 Å². The first-order valence-electron chi connectivity index (χ1n) is 6.60. The third-order valence-electron chi connectivity index (χ3n) is 3.99. The van der Waals surface area contributed by atoms with Crippen molar-refractivity contribution in [2.24, 2.45) is 10.7 Å². The van der Waals surface area contributed by atoms with Crippen molar-refractivity contribution in [3.05, 3.63) is 64.9 Å². The zero-order valence-corrected chi connectivity index (χ0v) is 11.9. The molecule has 0 spiro atoms. The molecule has 20 heavy (non-hydrogen) atoms. The summed E-state index contributed by atoms with van der Waals surface area (Å²) < 4.78 is 0. The van der Waals surface area contributed by atoms with Crippen LogP contribution in [0.5, 0.6) is 0 Å². The molecule has 0 saturated carbocycles. The van der Waals surface area contributed by atoms with Crippen LogP contribution < -0.4 is 10.6 Å².